The molecule has 3 rings (SSSR count). The fourth-order valence-corrected chi connectivity index (χ4v) is 4.15. The van der Waals surface area contributed by atoms with Crippen LogP contribution in [-0.4, -0.2) is 58.3 Å². The highest BCUT2D eigenvalue weighted by Crippen LogP contribution is 2.30. The molecule has 1 heterocycles. The normalized spacial score (nSPS) is 20.4. The predicted octanol–water partition coefficient (Wildman–Crippen LogP) is 2.24. The van der Waals surface area contributed by atoms with Crippen LogP contribution < -0.4 is 10.1 Å². The van der Waals surface area contributed by atoms with Crippen LogP contribution in [0.25, 0.3) is 0 Å². The fourth-order valence-electron chi connectivity index (χ4n) is 3.64. The predicted molar refractivity (Wildman–Crippen MR) is 126 cm³/mol. The van der Waals surface area contributed by atoms with E-state index in [0.717, 1.165) is 9.13 Å². The quantitative estimate of drug-likeness (QED) is 0.410. The molecule has 1 aromatic heterocycles. The summed E-state index contributed by atoms with van der Waals surface area (Å²) in [6.07, 6.45) is 3.20. The Bertz CT molecular complexity index is 946. The average molecular weight is 554 g/mol. The van der Waals surface area contributed by atoms with Gasteiger partial charge in [-0.25, -0.2) is 0 Å². The Hall–Kier alpha value is -2.37. The number of carbonyl (C=O) groups is 2. The van der Waals surface area contributed by atoms with Crippen molar-refractivity contribution in [1.29, 1.82) is 0 Å². The first-order chi connectivity index (χ1) is 15.4. The van der Waals surface area contributed by atoms with Gasteiger partial charge in [0, 0.05) is 37.1 Å². The number of nitrogens with one attached hydrogen (secondary N) is 1. The van der Waals surface area contributed by atoms with Gasteiger partial charge in [-0.15, -0.1) is 0 Å². The van der Waals surface area contributed by atoms with Gasteiger partial charge >= 0.3 is 0 Å². The summed E-state index contributed by atoms with van der Waals surface area (Å²) in [6, 6.07) is 8.46. The van der Waals surface area contributed by atoms with E-state index in [-0.39, 0.29) is 44.4 Å². The van der Waals surface area contributed by atoms with Crippen molar-refractivity contribution >= 4 is 34.4 Å². The lowest BCUT2D eigenvalue weighted by molar-refractivity contribution is -0.139. The summed E-state index contributed by atoms with van der Waals surface area (Å²) in [6.45, 7) is 1.92. The number of hydrogen-bond acceptors (Lipinski definition) is 6. The van der Waals surface area contributed by atoms with Crippen LogP contribution in [0.3, 0.4) is 0 Å². The van der Waals surface area contributed by atoms with Crippen molar-refractivity contribution in [2.24, 2.45) is 0 Å². The number of hydrogen-bond donors (Lipinski definition) is 3. The van der Waals surface area contributed by atoms with Crippen molar-refractivity contribution in [3.05, 3.63) is 63.6 Å². The van der Waals surface area contributed by atoms with E-state index in [0.29, 0.717) is 11.3 Å². The van der Waals surface area contributed by atoms with Crippen molar-refractivity contribution in [2.45, 2.75) is 44.6 Å². The van der Waals surface area contributed by atoms with E-state index < -0.39 is 18.2 Å². The number of aliphatic hydroxyl groups is 2. The maximum absolute atomic E-state index is 12.8. The zero-order chi connectivity index (χ0) is 23.1. The number of carbonyl (C=O) groups excluding carboxylic acids is 2. The number of ether oxygens (including phenoxy) is 1. The molecular formula is C23H27IN2O6. The highest BCUT2D eigenvalue weighted by Gasteiger charge is 2.40. The Morgan fingerprint density at radius 3 is 2.75 bits per heavy atom. The lowest BCUT2D eigenvalue weighted by Crippen LogP contribution is -2.54. The topological polar surface area (TPSA) is 112 Å². The van der Waals surface area contributed by atoms with Crippen molar-refractivity contribution in [2.75, 3.05) is 13.2 Å². The zero-order valence-electron chi connectivity index (χ0n) is 17.7. The Morgan fingerprint density at radius 2 is 2.09 bits per heavy atom. The Balaban J connectivity index is 1.93. The fraction of sp³-hybridized carbons (Fsp3) is 0.391. The molecule has 3 N–H and O–H groups in total. The van der Waals surface area contributed by atoms with Crippen molar-refractivity contribution in [3.63, 3.8) is 0 Å². The third kappa shape index (κ3) is 5.90. The second-order valence-electron chi connectivity index (χ2n) is 7.45. The van der Waals surface area contributed by atoms with Gasteiger partial charge in [0.1, 0.15) is 18.0 Å². The molecule has 0 spiro atoms. The summed E-state index contributed by atoms with van der Waals surface area (Å²) in [5, 5.41) is 22.9. The molecule has 1 aromatic carbocycles. The van der Waals surface area contributed by atoms with Gasteiger partial charge < -0.3 is 29.6 Å². The largest absolute Gasteiger partial charge is 0.482 e. The average Bonchev–Trinajstić information content (AvgIpc) is 3.31. The second-order valence-corrected chi connectivity index (χ2v) is 8.62. The molecule has 3 unspecified atom stereocenters. The van der Waals surface area contributed by atoms with Gasteiger partial charge in [-0.3, -0.25) is 9.59 Å². The standard InChI is InChI=1S/C23H27IN2O6/c1-2-21(28)26(13-15-7-10-31-14-15)18-11-16(23(30)25-8-9-27)12-20(22(18)29)32-19-6-4-3-5-17(19)24/h3-7,10,12,14,18,20,22,27,29H,2,8-9,11,13H2,1H3,(H,25,30). The van der Waals surface area contributed by atoms with Crippen LogP contribution in [0.2, 0.25) is 0 Å². The molecule has 9 heteroatoms. The molecule has 1 aliphatic carbocycles. The van der Waals surface area contributed by atoms with Gasteiger partial charge in [0.15, 0.2) is 0 Å². The molecule has 2 aromatic rings. The molecule has 2 amide bonds. The minimum absolute atomic E-state index is 0.109. The highest BCUT2D eigenvalue weighted by atomic mass is 127. The van der Waals surface area contributed by atoms with Gasteiger partial charge in [-0.1, -0.05) is 19.1 Å². The van der Waals surface area contributed by atoms with Crippen LogP contribution in [0.1, 0.15) is 25.3 Å². The van der Waals surface area contributed by atoms with Crippen LogP contribution in [0.15, 0.2) is 58.9 Å². The third-order valence-corrected chi connectivity index (χ3v) is 6.16. The van der Waals surface area contributed by atoms with Crippen LogP contribution in [0, 0.1) is 3.57 Å². The first kappa shape index (κ1) is 24.3. The lowest BCUT2D eigenvalue weighted by atomic mass is 9.87. The van der Waals surface area contributed by atoms with Gasteiger partial charge in [0.25, 0.3) is 0 Å². The van der Waals surface area contributed by atoms with E-state index in [1.165, 1.54) is 6.26 Å². The van der Waals surface area contributed by atoms with E-state index in [9.17, 15) is 14.7 Å². The molecule has 1 aliphatic rings. The molecule has 0 aliphatic heterocycles. The summed E-state index contributed by atoms with van der Waals surface area (Å²) >= 11 is 2.14. The van der Waals surface area contributed by atoms with Crippen molar-refractivity contribution in [3.8, 4) is 5.75 Å². The number of nitrogens with zero attached hydrogens (tertiary/aromatic N) is 1. The molecular weight excluding hydrogens is 527 g/mol. The van der Waals surface area contributed by atoms with E-state index in [2.05, 4.69) is 27.9 Å². The Labute approximate surface area is 200 Å². The monoisotopic (exact) mass is 554 g/mol. The highest BCUT2D eigenvalue weighted by molar-refractivity contribution is 14.1. The third-order valence-electron chi connectivity index (χ3n) is 5.27. The SMILES string of the molecule is CCC(=O)N(Cc1ccoc1)C1CC(C(=O)NCCO)=CC(Oc2ccccc2I)C1O. The number of amides is 2. The van der Waals surface area contributed by atoms with Gasteiger partial charge in [0.05, 0.1) is 28.7 Å². The van der Waals surface area contributed by atoms with E-state index >= 15 is 0 Å². The lowest BCUT2D eigenvalue weighted by Gasteiger charge is -2.40. The number of rotatable bonds is 9. The maximum Gasteiger partial charge on any atom is 0.247 e. The molecule has 0 fully saturated rings. The Kier molecular flexibility index (Phi) is 8.71. The second kappa shape index (κ2) is 11.5. The smallest absolute Gasteiger partial charge is 0.247 e. The number of para-hydroxylation sites is 1. The summed E-state index contributed by atoms with van der Waals surface area (Å²) in [5.41, 5.74) is 1.18. The van der Waals surface area contributed by atoms with E-state index in [1.54, 1.807) is 36.3 Å². The van der Waals surface area contributed by atoms with Gasteiger partial charge in [-0.05, 0) is 46.9 Å². The molecule has 3 atom stereocenters. The first-order valence-electron chi connectivity index (χ1n) is 10.4. The Morgan fingerprint density at radius 1 is 1.31 bits per heavy atom. The number of halogens is 1. The number of benzene rings is 1. The summed E-state index contributed by atoms with van der Waals surface area (Å²) < 4.78 is 12.1. The summed E-state index contributed by atoms with van der Waals surface area (Å²) in [4.78, 5) is 27.1. The molecule has 0 radical (unpaired) electrons. The van der Waals surface area contributed by atoms with Crippen LogP contribution >= 0.6 is 22.6 Å². The van der Waals surface area contributed by atoms with E-state index in [4.69, 9.17) is 14.3 Å². The van der Waals surface area contributed by atoms with Gasteiger partial charge in [0.2, 0.25) is 11.8 Å². The molecule has 0 saturated carbocycles. The molecule has 8 nitrogen and oxygen atoms in total. The minimum atomic E-state index is -1.05. The zero-order valence-corrected chi connectivity index (χ0v) is 19.9. The molecule has 172 valence electrons. The minimum Gasteiger partial charge on any atom is -0.482 e. The number of aliphatic hydroxyl groups excluding tert-OH is 2. The van der Waals surface area contributed by atoms with Crippen LogP contribution in [-0.2, 0) is 16.1 Å². The van der Waals surface area contributed by atoms with Crippen LogP contribution in [0.4, 0.5) is 0 Å². The van der Waals surface area contributed by atoms with Crippen molar-refractivity contribution in [1.82, 2.24) is 10.2 Å². The van der Waals surface area contributed by atoms with E-state index in [1.807, 2.05) is 18.2 Å². The number of furan rings is 1. The van der Waals surface area contributed by atoms with Gasteiger partial charge in [-0.2, -0.15) is 0 Å². The molecule has 0 bridgehead atoms. The molecule has 0 saturated heterocycles. The first-order valence-corrected chi connectivity index (χ1v) is 11.5. The summed E-state index contributed by atoms with van der Waals surface area (Å²) in [5.74, 6) is 0.0622. The molecule has 32 heavy (non-hydrogen) atoms. The maximum atomic E-state index is 12.8. The van der Waals surface area contributed by atoms with Crippen molar-refractivity contribution < 1.29 is 29.0 Å². The van der Waals surface area contributed by atoms with Crippen LogP contribution in [0.5, 0.6) is 5.75 Å². The summed E-state index contributed by atoms with van der Waals surface area (Å²) in [7, 11) is 0.